The van der Waals surface area contributed by atoms with Crippen molar-refractivity contribution in [2.24, 2.45) is 15.5 Å². The fraction of sp³-hybridized carbons (Fsp3) is 0.519. The van der Waals surface area contributed by atoms with Gasteiger partial charge in [-0.15, -0.1) is 0 Å². The van der Waals surface area contributed by atoms with Crippen molar-refractivity contribution in [2.75, 3.05) is 39.6 Å². The van der Waals surface area contributed by atoms with Gasteiger partial charge >= 0.3 is 17.9 Å². The molecule has 0 aliphatic carbocycles. The van der Waals surface area contributed by atoms with Crippen LogP contribution in [0, 0.1) is 41.5 Å². The molecule has 0 radical (unpaired) electrons. The average molecular weight is 1430 g/mol. The average Bonchev–Trinajstić information content (AvgIpc) is 0.805. The van der Waals surface area contributed by atoms with Gasteiger partial charge in [-0.3, -0.25) is 14.4 Å². The lowest BCUT2D eigenvalue weighted by Gasteiger charge is -2.30. The van der Waals surface area contributed by atoms with Gasteiger partial charge < -0.3 is 43.4 Å². The van der Waals surface area contributed by atoms with E-state index >= 15 is 0 Å². The van der Waals surface area contributed by atoms with Gasteiger partial charge in [0.1, 0.15) is 0 Å². The van der Waals surface area contributed by atoms with Crippen molar-refractivity contribution < 1.29 is 57.5 Å². The van der Waals surface area contributed by atoms with Crippen molar-refractivity contribution in [3.05, 3.63) is 174 Å². The fourth-order valence-electron chi connectivity index (χ4n) is 12.5. The third kappa shape index (κ3) is 28.3. The van der Waals surface area contributed by atoms with Crippen LogP contribution in [-0.2, 0) is 62.4 Å². The maximum atomic E-state index is 12.9. The molecule has 0 atom stereocenters. The number of esters is 3. The molecule has 0 saturated heterocycles. The van der Waals surface area contributed by atoms with Crippen molar-refractivity contribution in [2.45, 2.75) is 238 Å². The van der Waals surface area contributed by atoms with Gasteiger partial charge in [0.15, 0.2) is 19.8 Å². The molecule has 0 bridgehead atoms. The molecule has 101 heavy (non-hydrogen) atoms. The van der Waals surface area contributed by atoms with Crippen LogP contribution in [0.15, 0.2) is 113 Å². The summed E-state index contributed by atoms with van der Waals surface area (Å²) >= 11 is 13.3. The molecule has 3 aliphatic heterocycles. The molecule has 3 aromatic rings. The smallest absolute Gasteiger partial charge is 0.338 e. The van der Waals surface area contributed by atoms with Crippen molar-refractivity contribution in [3.8, 4) is 0 Å². The molecule has 3 amide bonds. The predicted molar refractivity (Wildman–Crippen MR) is 408 cm³/mol. The number of halogens is 2. The zero-order valence-corrected chi connectivity index (χ0v) is 64.8. The molecule has 0 unspecified atom stereocenters. The molecular formula is C81H112Cl2N6O12. The lowest BCUT2D eigenvalue weighted by atomic mass is 9.94. The highest BCUT2D eigenvalue weighted by Gasteiger charge is 2.27. The molecule has 3 aliphatic rings. The highest BCUT2D eigenvalue weighted by Crippen LogP contribution is 2.32. The maximum Gasteiger partial charge on any atom is 0.338 e. The Morgan fingerprint density at radius 2 is 0.663 bits per heavy atom. The maximum absolute atomic E-state index is 12.9. The second kappa shape index (κ2) is 44.3. The normalized spacial score (nSPS) is 17.4. The van der Waals surface area contributed by atoms with Crippen LogP contribution in [0.25, 0.3) is 0 Å². The quantitative estimate of drug-likeness (QED) is 0.0603. The third-order valence-electron chi connectivity index (χ3n) is 16.5. The molecule has 0 fully saturated rings. The van der Waals surface area contributed by atoms with Crippen LogP contribution in [0.4, 0.5) is 0 Å². The third-order valence-corrected chi connectivity index (χ3v) is 17.6. The molecule has 552 valence electrons. The highest BCUT2D eigenvalue weighted by molar-refractivity contribution is 6.33. The van der Waals surface area contributed by atoms with Crippen molar-refractivity contribution in [1.29, 1.82) is 0 Å². The minimum absolute atomic E-state index is 0.0636. The molecular weight excluding hydrogens is 1320 g/mol. The standard InChI is InChI=1S/2C27H37ClN2O4.C27H38N2O4/c2*1-18(2)30(19(3)4)24(31)17-34-29-22-13-11-9-7-8-10-12-14-33-27(32)25-20(5)15-21(6)26(28)23(25)16-22;1-19(2)29(20(3)4)25(30)18-33-28-24-13-11-9-7-8-10-12-14-32-27(31)26-22(6)15-21(5)16-23(26)17-24/h2*8,10-11,13,15,18-19H,7,9,12,14,16-17H2,1-6H3;8,10-11,13,15-16,19-20H,7,9,12,14,17-18H2,1-6H3/b10-8+,13-11?,29-22+;10-8+,13-11?,29-22-;10-8+,13-11?,28-24-. The lowest BCUT2D eigenvalue weighted by molar-refractivity contribution is -0.140. The van der Waals surface area contributed by atoms with E-state index in [-0.39, 0.29) is 92.6 Å². The van der Waals surface area contributed by atoms with Gasteiger partial charge in [-0.1, -0.05) is 123 Å². The number of nitrogens with zero attached hydrogens (tertiary/aromatic N) is 6. The van der Waals surface area contributed by atoms with E-state index < -0.39 is 11.9 Å². The summed E-state index contributed by atoms with van der Waals surface area (Å²) in [4.78, 5) is 98.4. The number of oxime groups is 3. The molecule has 3 aromatic carbocycles. The van der Waals surface area contributed by atoms with E-state index in [9.17, 15) is 28.8 Å². The summed E-state index contributed by atoms with van der Waals surface area (Å²) in [5.74, 6) is -1.48. The Hall–Kier alpha value is -8.09. The zero-order valence-electron chi connectivity index (χ0n) is 63.3. The first-order valence-corrected chi connectivity index (χ1v) is 36.4. The van der Waals surface area contributed by atoms with Crippen molar-refractivity contribution >= 4 is 76.0 Å². The van der Waals surface area contributed by atoms with Crippen LogP contribution in [0.1, 0.15) is 222 Å². The van der Waals surface area contributed by atoms with E-state index in [2.05, 4.69) is 39.8 Å². The molecule has 0 aromatic heterocycles. The van der Waals surface area contributed by atoms with Crippen LogP contribution >= 0.6 is 23.2 Å². The number of fused-ring (bicyclic) bond motifs is 3. The number of benzene rings is 3. The summed E-state index contributed by atoms with van der Waals surface area (Å²) < 4.78 is 16.6. The number of allylic oxidation sites excluding steroid dienone is 9. The Bertz CT molecular complexity index is 3390. The summed E-state index contributed by atoms with van der Waals surface area (Å²) in [6.07, 6.45) is 32.2. The Balaban J connectivity index is 0.000000321. The molecule has 0 spiro atoms. The van der Waals surface area contributed by atoms with Crippen LogP contribution in [0.5, 0.6) is 0 Å². The van der Waals surface area contributed by atoms with Crippen LogP contribution in [-0.4, -0.2) is 143 Å². The Morgan fingerprint density at radius 3 is 0.980 bits per heavy atom. The van der Waals surface area contributed by atoms with Gasteiger partial charge in [-0.2, -0.15) is 0 Å². The minimum Gasteiger partial charge on any atom is -0.462 e. The molecule has 0 saturated carbocycles. The predicted octanol–water partition coefficient (Wildman–Crippen LogP) is 17.3. The van der Waals surface area contributed by atoms with Gasteiger partial charge in [-0.25, -0.2) is 14.4 Å². The van der Waals surface area contributed by atoms with Crippen LogP contribution in [0.2, 0.25) is 10.0 Å². The SMILES string of the molecule is Cc1cc(C)c2c(c1)C/C(=N\OCC(=O)N(C(C)C)C(C)C)C=CCC/C=C/CCOC2=O.Cc1cc(C)c2c(c1Cl)C/C(=N/OCC(=O)N(C(C)C)C(C)C)C=CCC/C=C/CCOC2=O.Cc1cc(C)c2c(c1Cl)C/C(=N\OCC(=O)N(C(C)C)C(C)C)C=CCC/C=C/CCOC2=O. The first-order valence-electron chi connectivity index (χ1n) is 35.6. The van der Waals surface area contributed by atoms with Crippen LogP contribution < -0.4 is 0 Å². The molecule has 20 heteroatoms. The first kappa shape index (κ1) is 85.3. The zero-order chi connectivity index (χ0) is 74.9. The van der Waals surface area contributed by atoms with Gasteiger partial charge in [0.05, 0.1) is 53.6 Å². The minimum atomic E-state index is -0.399. The summed E-state index contributed by atoms with van der Waals surface area (Å²) in [7, 11) is 0. The van der Waals surface area contributed by atoms with E-state index in [1.807, 2.05) is 198 Å². The first-order chi connectivity index (χ1) is 48.0. The summed E-state index contributed by atoms with van der Waals surface area (Å²) in [5, 5.41) is 13.8. The Kier molecular flexibility index (Phi) is 37.4. The van der Waals surface area contributed by atoms with Crippen LogP contribution in [0.3, 0.4) is 0 Å². The summed E-state index contributed by atoms with van der Waals surface area (Å²) in [5.41, 5.74) is 10.7. The summed E-state index contributed by atoms with van der Waals surface area (Å²) in [6.45, 7) is 35.7. The Labute approximate surface area is 611 Å². The number of cyclic esters (lactones) is 3. The fourth-order valence-corrected chi connectivity index (χ4v) is 12.9. The topological polar surface area (TPSA) is 205 Å². The molecule has 18 nitrogen and oxygen atoms in total. The van der Waals surface area contributed by atoms with Gasteiger partial charge in [-0.05, 0) is 245 Å². The second-order valence-electron chi connectivity index (χ2n) is 27.2. The number of aryl methyl sites for hydroxylation is 6. The Morgan fingerprint density at radius 1 is 0.386 bits per heavy atom. The summed E-state index contributed by atoms with van der Waals surface area (Å²) in [6, 6.07) is 8.17. The largest absolute Gasteiger partial charge is 0.462 e. The van der Waals surface area contributed by atoms with Gasteiger partial charge in [0.2, 0.25) is 0 Å². The monoisotopic (exact) mass is 1430 g/mol. The number of carbonyl (C=O) groups excluding carboxylic acids is 6. The number of amides is 3. The number of hydrogen-bond donors (Lipinski definition) is 0. The molecule has 6 rings (SSSR count). The number of carbonyl (C=O) groups is 6. The lowest BCUT2D eigenvalue weighted by Crippen LogP contribution is -2.43. The van der Waals surface area contributed by atoms with E-state index in [4.69, 9.17) is 51.9 Å². The number of ether oxygens (including phenoxy) is 3. The van der Waals surface area contributed by atoms with Crippen molar-refractivity contribution in [1.82, 2.24) is 14.7 Å². The highest BCUT2D eigenvalue weighted by atomic mass is 35.5. The number of hydrogen-bond acceptors (Lipinski definition) is 15. The van der Waals surface area contributed by atoms with E-state index in [1.165, 1.54) is 0 Å². The van der Waals surface area contributed by atoms with Gasteiger partial charge in [0, 0.05) is 65.6 Å². The second-order valence-corrected chi connectivity index (χ2v) is 27.9. The van der Waals surface area contributed by atoms with Gasteiger partial charge in [0.25, 0.3) is 17.7 Å². The van der Waals surface area contributed by atoms with E-state index in [0.29, 0.717) is 101 Å². The molecule has 3 heterocycles. The van der Waals surface area contributed by atoms with E-state index in [1.54, 1.807) is 14.7 Å². The number of rotatable bonds is 15. The van der Waals surface area contributed by atoms with Crippen molar-refractivity contribution in [3.63, 3.8) is 0 Å². The van der Waals surface area contributed by atoms with E-state index in [0.717, 1.165) is 77.5 Å². The molecule has 0 N–H and O–H groups in total.